The van der Waals surface area contributed by atoms with Crippen molar-refractivity contribution < 1.29 is 23.4 Å². The molecule has 0 bridgehead atoms. The fourth-order valence-electron chi connectivity index (χ4n) is 3.67. The maximum absolute atomic E-state index is 12.3. The topological polar surface area (TPSA) is 127 Å². The van der Waals surface area contributed by atoms with E-state index >= 15 is 0 Å². The second-order valence-electron chi connectivity index (χ2n) is 7.00. The van der Waals surface area contributed by atoms with E-state index < -0.39 is 11.9 Å². The van der Waals surface area contributed by atoms with Crippen LogP contribution in [0.2, 0.25) is 0 Å². The molecule has 1 aliphatic rings. The number of furan rings is 1. The number of aromatic nitrogens is 3. The van der Waals surface area contributed by atoms with E-state index in [0.717, 1.165) is 0 Å². The quantitative estimate of drug-likeness (QED) is 0.617. The molecular weight excluding hydrogens is 402 g/mol. The van der Waals surface area contributed by atoms with Crippen molar-refractivity contribution in [2.24, 2.45) is 5.73 Å². The number of anilines is 1. The lowest BCUT2D eigenvalue weighted by Gasteiger charge is -2.25. The lowest BCUT2D eigenvalue weighted by Crippen LogP contribution is -2.31. The van der Waals surface area contributed by atoms with Crippen molar-refractivity contribution in [2.45, 2.75) is 19.9 Å². The molecule has 162 valence electrons. The molecule has 0 fully saturated rings. The summed E-state index contributed by atoms with van der Waals surface area (Å²) in [6.07, 6.45) is 0. The SMILES string of the molecule is COc1cc(-c2nc3n(n2)C(c2ccc(C)o2)C(C(N)=O)=C(C)N3)cc(OC)c1OC. The van der Waals surface area contributed by atoms with Gasteiger partial charge in [0.05, 0.1) is 26.9 Å². The fourth-order valence-corrected chi connectivity index (χ4v) is 3.67. The molecule has 3 N–H and O–H groups in total. The van der Waals surface area contributed by atoms with Crippen molar-refractivity contribution in [3.63, 3.8) is 0 Å². The molecule has 0 aliphatic carbocycles. The Morgan fingerprint density at radius 2 is 1.81 bits per heavy atom. The number of carbonyl (C=O) groups is 1. The molecule has 10 nitrogen and oxygen atoms in total. The third-order valence-electron chi connectivity index (χ3n) is 5.07. The van der Waals surface area contributed by atoms with Crippen molar-refractivity contribution >= 4 is 11.9 Å². The second-order valence-corrected chi connectivity index (χ2v) is 7.00. The maximum Gasteiger partial charge on any atom is 0.249 e. The number of fused-ring (bicyclic) bond motifs is 1. The molecule has 2 aromatic heterocycles. The van der Waals surface area contributed by atoms with E-state index in [0.29, 0.717) is 57.4 Å². The minimum absolute atomic E-state index is 0.350. The summed E-state index contributed by atoms with van der Waals surface area (Å²) in [6.45, 7) is 3.59. The largest absolute Gasteiger partial charge is 0.493 e. The Labute approximate surface area is 178 Å². The first kappa shape index (κ1) is 20.3. The Kier molecular flexibility index (Phi) is 5.05. The molecule has 0 saturated carbocycles. The molecule has 1 aromatic carbocycles. The van der Waals surface area contributed by atoms with Crippen LogP contribution in [0.1, 0.15) is 24.5 Å². The smallest absolute Gasteiger partial charge is 0.249 e. The fraction of sp³-hybridized carbons (Fsp3) is 0.286. The van der Waals surface area contributed by atoms with Crippen LogP contribution < -0.4 is 25.3 Å². The number of allylic oxidation sites excluding steroid dienone is 1. The van der Waals surface area contributed by atoms with E-state index in [-0.39, 0.29) is 0 Å². The molecule has 0 radical (unpaired) electrons. The summed E-state index contributed by atoms with van der Waals surface area (Å²) in [5, 5.41) is 7.76. The lowest BCUT2D eigenvalue weighted by molar-refractivity contribution is -0.115. The molecular formula is C21H23N5O5. The summed E-state index contributed by atoms with van der Waals surface area (Å²) in [7, 11) is 4.61. The highest BCUT2D eigenvalue weighted by Gasteiger charge is 2.35. The van der Waals surface area contributed by atoms with Gasteiger partial charge in [0.25, 0.3) is 0 Å². The first-order valence-corrected chi connectivity index (χ1v) is 9.48. The number of ether oxygens (including phenoxy) is 3. The average Bonchev–Trinajstić information content (AvgIpc) is 3.37. The van der Waals surface area contributed by atoms with Gasteiger partial charge in [0, 0.05) is 11.3 Å². The molecule has 1 aliphatic heterocycles. The first-order chi connectivity index (χ1) is 14.9. The number of hydrogen-bond acceptors (Lipinski definition) is 8. The number of carbonyl (C=O) groups excluding carboxylic acids is 1. The molecule has 0 saturated heterocycles. The number of rotatable bonds is 6. The van der Waals surface area contributed by atoms with Crippen molar-refractivity contribution in [3.05, 3.63) is 47.1 Å². The number of aryl methyl sites for hydroxylation is 1. The van der Waals surface area contributed by atoms with Crippen molar-refractivity contribution in [2.75, 3.05) is 26.6 Å². The van der Waals surface area contributed by atoms with Gasteiger partial charge in [-0.15, -0.1) is 5.10 Å². The van der Waals surface area contributed by atoms with E-state index in [2.05, 4.69) is 15.4 Å². The van der Waals surface area contributed by atoms with Crippen LogP contribution in [0.4, 0.5) is 5.95 Å². The maximum atomic E-state index is 12.3. The minimum atomic E-state index is -0.647. The Morgan fingerprint density at radius 1 is 1.13 bits per heavy atom. The van der Waals surface area contributed by atoms with E-state index in [1.807, 2.05) is 13.0 Å². The zero-order chi connectivity index (χ0) is 22.3. The molecule has 1 unspecified atom stereocenters. The molecule has 4 rings (SSSR count). The number of nitrogens with zero attached hydrogens (tertiary/aromatic N) is 3. The zero-order valence-corrected chi connectivity index (χ0v) is 17.8. The molecule has 1 atom stereocenters. The first-order valence-electron chi connectivity index (χ1n) is 9.48. The van der Waals surface area contributed by atoms with Gasteiger partial charge in [0.15, 0.2) is 17.3 Å². The Balaban J connectivity index is 1.87. The Morgan fingerprint density at radius 3 is 2.32 bits per heavy atom. The van der Waals surface area contributed by atoms with Gasteiger partial charge in [-0.25, -0.2) is 4.68 Å². The Bertz CT molecular complexity index is 1170. The summed E-state index contributed by atoms with van der Waals surface area (Å²) in [6, 6.07) is 6.48. The number of hydrogen-bond donors (Lipinski definition) is 2. The van der Waals surface area contributed by atoms with E-state index in [9.17, 15) is 4.79 Å². The summed E-state index contributed by atoms with van der Waals surface area (Å²) >= 11 is 0. The summed E-state index contributed by atoms with van der Waals surface area (Å²) in [5.74, 6) is 2.94. The van der Waals surface area contributed by atoms with Crippen LogP contribution in [0.25, 0.3) is 11.4 Å². The minimum Gasteiger partial charge on any atom is -0.493 e. The highest BCUT2D eigenvalue weighted by Crippen LogP contribution is 2.42. The van der Waals surface area contributed by atoms with Gasteiger partial charge in [0.1, 0.15) is 17.6 Å². The van der Waals surface area contributed by atoms with Gasteiger partial charge < -0.3 is 29.7 Å². The zero-order valence-electron chi connectivity index (χ0n) is 17.8. The van der Waals surface area contributed by atoms with Crippen molar-refractivity contribution in [1.82, 2.24) is 14.8 Å². The van der Waals surface area contributed by atoms with E-state index in [1.54, 1.807) is 29.8 Å². The van der Waals surface area contributed by atoms with Gasteiger partial charge >= 0.3 is 0 Å². The van der Waals surface area contributed by atoms with Crippen LogP contribution in [0.15, 0.2) is 40.0 Å². The molecule has 31 heavy (non-hydrogen) atoms. The third-order valence-corrected chi connectivity index (χ3v) is 5.07. The van der Waals surface area contributed by atoms with E-state index in [4.69, 9.17) is 24.4 Å². The number of primary amides is 1. The van der Waals surface area contributed by atoms with E-state index in [1.165, 1.54) is 21.3 Å². The summed E-state index contributed by atoms with van der Waals surface area (Å²) in [5.41, 5.74) is 7.27. The van der Waals surface area contributed by atoms with Crippen LogP contribution >= 0.6 is 0 Å². The normalized spacial score (nSPS) is 15.3. The predicted molar refractivity (Wildman–Crippen MR) is 112 cm³/mol. The van der Waals surface area contributed by atoms with Crippen molar-refractivity contribution in [3.8, 4) is 28.6 Å². The predicted octanol–water partition coefficient (Wildman–Crippen LogP) is 2.65. The molecule has 10 heteroatoms. The molecule has 3 heterocycles. The summed E-state index contributed by atoms with van der Waals surface area (Å²) < 4.78 is 23.7. The van der Waals surface area contributed by atoms with Gasteiger partial charge in [-0.2, -0.15) is 4.98 Å². The van der Waals surface area contributed by atoms with Crippen LogP contribution in [-0.2, 0) is 4.79 Å². The van der Waals surface area contributed by atoms with Gasteiger partial charge in [-0.1, -0.05) is 0 Å². The highest BCUT2D eigenvalue weighted by molar-refractivity contribution is 5.95. The van der Waals surface area contributed by atoms with Gasteiger partial charge in [-0.05, 0) is 38.1 Å². The van der Waals surface area contributed by atoms with Gasteiger partial charge in [0.2, 0.25) is 17.6 Å². The average molecular weight is 425 g/mol. The number of benzene rings is 1. The monoisotopic (exact) mass is 425 g/mol. The standard InChI is InChI=1S/C21H23N5O5/c1-10-6-7-13(31-10)17-16(19(22)27)11(2)23-21-24-20(25-26(17)21)12-8-14(28-3)18(30-5)15(9-12)29-4/h6-9,17H,1-5H3,(H2,22,27)(H,23,24,25). The number of nitrogens with two attached hydrogens (primary N) is 1. The van der Waals surface area contributed by atoms with Crippen LogP contribution in [-0.4, -0.2) is 42.0 Å². The van der Waals surface area contributed by atoms with Crippen LogP contribution in [0.3, 0.4) is 0 Å². The van der Waals surface area contributed by atoms with Crippen LogP contribution in [0, 0.1) is 6.92 Å². The molecule has 0 spiro atoms. The second kappa shape index (κ2) is 7.71. The summed E-state index contributed by atoms with van der Waals surface area (Å²) in [4.78, 5) is 16.9. The molecule has 3 aromatic rings. The van der Waals surface area contributed by atoms with Crippen LogP contribution in [0.5, 0.6) is 17.2 Å². The van der Waals surface area contributed by atoms with Gasteiger partial charge in [-0.3, -0.25) is 4.79 Å². The number of nitrogens with one attached hydrogen (secondary N) is 1. The third kappa shape index (κ3) is 3.35. The molecule has 1 amide bonds. The lowest BCUT2D eigenvalue weighted by atomic mass is 10.0. The highest BCUT2D eigenvalue weighted by atomic mass is 16.5. The number of amides is 1. The Hall–Kier alpha value is -3.95. The van der Waals surface area contributed by atoms with Crippen molar-refractivity contribution in [1.29, 1.82) is 0 Å². The number of methoxy groups -OCH3 is 3.